The lowest BCUT2D eigenvalue weighted by Gasteiger charge is -2.12. The molecule has 0 aromatic carbocycles. The highest BCUT2D eigenvalue weighted by molar-refractivity contribution is 4.57. The number of hydrogen-bond donors (Lipinski definition) is 1. The summed E-state index contributed by atoms with van der Waals surface area (Å²) in [6.45, 7) is 8.40. The van der Waals surface area contributed by atoms with Crippen molar-refractivity contribution in [3.05, 3.63) is 12.8 Å². The van der Waals surface area contributed by atoms with Crippen LogP contribution in [0.5, 0.6) is 0 Å². The topological polar surface area (TPSA) is 44.5 Å². The molecule has 2 unspecified atom stereocenters. The number of ether oxygens (including phenoxy) is 2. The fourth-order valence-corrected chi connectivity index (χ4v) is 0.623. The van der Waals surface area contributed by atoms with Gasteiger partial charge in [-0.2, -0.15) is 0 Å². The Kier molecular flexibility index (Phi) is 5.88. The van der Waals surface area contributed by atoms with Gasteiger partial charge in [-0.15, -0.1) is 0 Å². The molecule has 0 heterocycles. The summed E-state index contributed by atoms with van der Waals surface area (Å²) < 4.78 is 10.2. The standard InChI is InChI=1S/C8H17NO2/c1-4-11-8(3)6-10-5-7(2)9/h4,7-8H,1,5-6,9H2,2-3H3. The van der Waals surface area contributed by atoms with Gasteiger partial charge in [0, 0.05) is 6.04 Å². The van der Waals surface area contributed by atoms with Gasteiger partial charge in [-0.1, -0.05) is 6.58 Å². The molecule has 0 saturated carbocycles. The molecule has 0 aliphatic rings. The molecule has 0 radical (unpaired) electrons. The van der Waals surface area contributed by atoms with Gasteiger partial charge >= 0.3 is 0 Å². The van der Waals surface area contributed by atoms with E-state index in [2.05, 4.69) is 6.58 Å². The van der Waals surface area contributed by atoms with Crippen molar-refractivity contribution in [2.75, 3.05) is 13.2 Å². The average Bonchev–Trinajstić information content (AvgIpc) is 1.87. The largest absolute Gasteiger partial charge is 0.497 e. The molecule has 0 rings (SSSR count). The third-order valence-electron chi connectivity index (χ3n) is 1.06. The van der Waals surface area contributed by atoms with Crippen LogP contribution in [0.3, 0.4) is 0 Å². The van der Waals surface area contributed by atoms with Crippen LogP contribution in [0.1, 0.15) is 13.8 Å². The maximum atomic E-state index is 5.47. The number of rotatable bonds is 6. The minimum Gasteiger partial charge on any atom is -0.497 e. The molecule has 66 valence electrons. The van der Waals surface area contributed by atoms with Gasteiger partial charge in [-0.25, -0.2) is 0 Å². The first kappa shape index (κ1) is 10.5. The van der Waals surface area contributed by atoms with Crippen LogP contribution in [0.4, 0.5) is 0 Å². The molecule has 0 bridgehead atoms. The second-order valence-electron chi connectivity index (χ2n) is 2.63. The molecule has 0 aromatic heterocycles. The van der Waals surface area contributed by atoms with Gasteiger partial charge in [0.1, 0.15) is 6.10 Å². The van der Waals surface area contributed by atoms with Crippen molar-refractivity contribution in [1.29, 1.82) is 0 Å². The molecule has 2 N–H and O–H groups in total. The fourth-order valence-electron chi connectivity index (χ4n) is 0.623. The van der Waals surface area contributed by atoms with Gasteiger partial charge < -0.3 is 15.2 Å². The molecular weight excluding hydrogens is 142 g/mol. The number of nitrogens with two attached hydrogens (primary N) is 1. The highest BCUT2D eigenvalue weighted by Crippen LogP contribution is 1.92. The summed E-state index contributed by atoms with van der Waals surface area (Å²) in [4.78, 5) is 0. The SMILES string of the molecule is C=COC(C)COCC(C)N. The Labute approximate surface area is 68.2 Å². The third-order valence-corrected chi connectivity index (χ3v) is 1.06. The van der Waals surface area contributed by atoms with Crippen LogP contribution in [-0.2, 0) is 9.47 Å². The molecule has 0 saturated heterocycles. The molecule has 0 spiro atoms. The minimum absolute atomic E-state index is 0.0613. The monoisotopic (exact) mass is 159 g/mol. The van der Waals surface area contributed by atoms with E-state index in [0.29, 0.717) is 13.2 Å². The van der Waals surface area contributed by atoms with Crippen molar-refractivity contribution < 1.29 is 9.47 Å². The Morgan fingerprint density at radius 1 is 1.45 bits per heavy atom. The molecular formula is C8H17NO2. The van der Waals surface area contributed by atoms with Gasteiger partial charge in [0.05, 0.1) is 19.5 Å². The zero-order valence-corrected chi connectivity index (χ0v) is 7.25. The van der Waals surface area contributed by atoms with E-state index in [-0.39, 0.29) is 12.1 Å². The van der Waals surface area contributed by atoms with Crippen molar-refractivity contribution >= 4 is 0 Å². The van der Waals surface area contributed by atoms with Crippen molar-refractivity contribution in [2.45, 2.75) is 26.0 Å². The molecule has 0 amide bonds. The first-order valence-electron chi connectivity index (χ1n) is 3.76. The van der Waals surface area contributed by atoms with E-state index in [1.807, 2.05) is 13.8 Å². The summed E-state index contributed by atoms with van der Waals surface area (Å²) >= 11 is 0. The Balaban J connectivity index is 3.16. The van der Waals surface area contributed by atoms with E-state index in [9.17, 15) is 0 Å². The minimum atomic E-state index is 0.0613. The predicted octanol–water partition coefficient (Wildman–Crippen LogP) is 0.899. The zero-order chi connectivity index (χ0) is 8.69. The van der Waals surface area contributed by atoms with Crippen LogP contribution in [0.2, 0.25) is 0 Å². The molecule has 11 heavy (non-hydrogen) atoms. The van der Waals surface area contributed by atoms with Crippen LogP contribution in [-0.4, -0.2) is 25.4 Å². The third kappa shape index (κ3) is 7.36. The summed E-state index contributed by atoms with van der Waals surface area (Å²) in [7, 11) is 0. The second kappa shape index (κ2) is 6.19. The van der Waals surface area contributed by atoms with Crippen molar-refractivity contribution in [3.63, 3.8) is 0 Å². The van der Waals surface area contributed by atoms with E-state index < -0.39 is 0 Å². The maximum Gasteiger partial charge on any atom is 0.118 e. The lowest BCUT2D eigenvalue weighted by atomic mass is 10.4. The van der Waals surface area contributed by atoms with Gasteiger partial charge in [0.2, 0.25) is 0 Å². The van der Waals surface area contributed by atoms with E-state index in [4.69, 9.17) is 15.2 Å². The van der Waals surface area contributed by atoms with Crippen LogP contribution >= 0.6 is 0 Å². The number of hydrogen-bond acceptors (Lipinski definition) is 3. The van der Waals surface area contributed by atoms with E-state index in [1.165, 1.54) is 6.26 Å². The van der Waals surface area contributed by atoms with Crippen LogP contribution in [0.25, 0.3) is 0 Å². The lowest BCUT2D eigenvalue weighted by molar-refractivity contribution is 0.0332. The Hall–Kier alpha value is -0.540. The summed E-state index contributed by atoms with van der Waals surface area (Å²) in [5.41, 5.74) is 5.47. The van der Waals surface area contributed by atoms with Gasteiger partial charge in [-0.05, 0) is 13.8 Å². The molecule has 3 nitrogen and oxygen atoms in total. The molecule has 0 aromatic rings. The summed E-state index contributed by atoms with van der Waals surface area (Å²) in [5, 5.41) is 0. The van der Waals surface area contributed by atoms with Crippen LogP contribution < -0.4 is 5.73 Å². The second-order valence-corrected chi connectivity index (χ2v) is 2.63. The Morgan fingerprint density at radius 2 is 2.09 bits per heavy atom. The predicted molar refractivity (Wildman–Crippen MR) is 45.2 cm³/mol. The fraction of sp³-hybridized carbons (Fsp3) is 0.750. The summed E-state index contributed by atoms with van der Waals surface area (Å²) in [6.07, 6.45) is 1.48. The van der Waals surface area contributed by atoms with E-state index >= 15 is 0 Å². The van der Waals surface area contributed by atoms with Crippen molar-refractivity contribution in [3.8, 4) is 0 Å². The lowest BCUT2D eigenvalue weighted by Crippen LogP contribution is -2.24. The van der Waals surface area contributed by atoms with Crippen molar-refractivity contribution in [2.24, 2.45) is 5.73 Å². The van der Waals surface area contributed by atoms with Crippen LogP contribution in [0.15, 0.2) is 12.8 Å². The highest BCUT2D eigenvalue weighted by atomic mass is 16.5. The highest BCUT2D eigenvalue weighted by Gasteiger charge is 2.00. The Bertz CT molecular complexity index is 104. The summed E-state index contributed by atoms with van der Waals surface area (Å²) in [5.74, 6) is 0. The molecule has 0 fully saturated rings. The van der Waals surface area contributed by atoms with Crippen LogP contribution in [0, 0.1) is 0 Å². The van der Waals surface area contributed by atoms with Gasteiger partial charge in [-0.3, -0.25) is 0 Å². The molecule has 0 aliphatic heterocycles. The molecule has 0 aliphatic carbocycles. The average molecular weight is 159 g/mol. The van der Waals surface area contributed by atoms with Gasteiger partial charge in [0.25, 0.3) is 0 Å². The zero-order valence-electron chi connectivity index (χ0n) is 7.25. The smallest absolute Gasteiger partial charge is 0.118 e. The van der Waals surface area contributed by atoms with Crippen molar-refractivity contribution in [1.82, 2.24) is 0 Å². The van der Waals surface area contributed by atoms with E-state index in [0.717, 1.165) is 0 Å². The quantitative estimate of drug-likeness (QED) is 0.585. The molecule has 2 atom stereocenters. The normalized spacial score (nSPS) is 15.5. The Morgan fingerprint density at radius 3 is 2.55 bits per heavy atom. The maximum absolute atomic E-state index is 5.47. The summed E-state index contributed by atoms with van der Waals surface area (Å²) in [6, 6.07) is 0.0888. The van der Waals surface area contributed by atoms with E-state index in [1.54, 1.807) is 0 Å². The van der Waals surface area contributed by atoms with Gasteiger partial charge in [0.15, 0.2) is 0 Å². The first-order valence-corrected chi connectivity index (χ1v) is 3.76. The molecule has 3 heteroatoms. The first-order chi connectivity index (χ1) is 5.16.